The van der Waals surface area contributed by atoms with E-state index in [1.54, 1.807) is 42.5 Å². The van der Waals surface area contributed by atoms with Gasteiger partial charge in [0.1, 0.15) is 5.75 Å². The first-order chi connectivity index (χ1) is 14.8. The molecule has 2 aromatic carbocycles. The predicted octanol–water partition coefficient (Wildman–Crippen LogP) is 2.43. The Balaban J connectivity index is 1.97. The van der Waals surface area contributed by atoms with E-state index in [4.69, 9.17) is 9.47 Å². The van der Waals surface area contributed by atoms with E-state index < -0.39 is 24.0 Å². The van der Waals surface area contributed by atoms with Crippen molar-refractivity contribution < 1.29 is 28.7 Å². The molecule has 0 saturated carbocycles. The van der Waals surface area contributed by atoms with Crippen molar-refractivity contribution in [3.8, 4) is 5.75 Å². The number of carbonyl (C=O) groups is 4. The van der Waals surface area contributed by atoms with E-state index in [0.29, 0.717) is 16.3 Å². The molecule has 2 rings (SSSR count). The van der Waals surface area contributed by atoms with Gasteiger partial charge in [-0.15, -0.1) is 11.8 Å². The van der Waals surface area contributed by atoms with E-state index in [0.717, 1.165) is 11.8 Å². The van der Waals surface area contributed by atoms with Gasteiger partial charge < -0.3 is 20.1 Å². The van der Waals surface area contributed by atoms with Crippen LogP contribution in [0, 0.1) is 0 Å². The SMILES string of the molecule is CNC(=O)NC(=O)C(C)OC(=O)c1ccccc1SCC(=O)Nc1cccc(OC)c1. The molecule has 0 saturated heterocycles. The Kier molecular flexibility index (Phi) is 8.89. The third kappa shape index (κ3) is 7.34. The first-order valence-corrected chi connectivity index (χ1v) is 10.2. The summed E-state index contributed by atoms with van der Waals surface area (Å²) in [7, 11) is 2.90. The number of hydrogen-bond donors (Lipinski definition) is 3. The summed E-state index contributed by atoms with van der Waals surface area (Å²) >= 11 is 1.15. The van der Waals surface area contributed by atoms with Gasteiger partial charge in [0.2, 0.25) is 5.91 Å². The van der Waals surface area contributed by atoms with Crippen molar-refractivity contribution in [3.05, 3.63) is 54.1 Å². The summed E-state index contributed by atoms with van der Waals surface area (Å²) in [4.78, 5) is 48.4. The van der Waals surface area contributed by atoms with Crippen LogP contribution in [-0.4, -0.2) is 49.8 Å². The maximum absolute atomic E-state index is 12.5. The zero-order chi connectivity index (χ0) is 22.8. The third-order valence-electron chi connectivity index (χ3n) is 3.94. The summed E-state index contributed by atoms with van der Waals surface area (Å²) in [5.41, 5.74) is 0.801. The molecule has 2 aromatic rings. The van der Waals surface area contributed by atoms with E-state index >= 15 is 0 Å². The number of imide groups is 1. The van der Waals surface area contributed by atoms with Crippen LogP contribution < -0.4 is 20.7 Å². The molecule has 1 unspecified atom stereocenters. The fraction of sp³-hybridized carbons (Fsp3) is 0.238. The number of carbonyl (C=O) groups excluding carboxylic acids is 4. The lowest BCUT2D eigenvalue weighted by Gasteiger charge is -2.14. The topological polar surface area (TPSA) is 123 Å². The number of thioether (sulfide) groups is 1. The Morgan fingerprint density at radius 3 is 2.52 bits per heavy atom. The van der Waals surface area contributed by atoms with Crippen LogP contribution in [-0.2, 0) is 14.3 Å². The Morgan fingerprint density at radius 1 is 1.06 bits per heavy atom. The fourth-order valence-electron chi connectivity index (χ4n) is 2.36. The largest absolute Gasteiger partial charge is 0.497 e. The van der Waals surface area contributed by atoms with E-state index in [1.165, 1.54) is 27.1 Å². The molecule has 31 heavy (non-hydrogen) atoms. The van der Waals surface area contributed by atoms with Gasteiger partial charge in [-0.05, 0) is 31.2 Å². The van der Waals surface area contributed by atoms with Crippen molar-refractivity contribution in [2.24, 2.45) is 0 Å². The highest BCUT2D eigenvalue weighted by Gasteiger charge is 2.22. The molecule has 0 radical (unpaired) electrons. The highest BCUT2D eigenvalue weighted by atomic mass is 32.2. The van der Waals surface area contributed by atoms with Crippen LogP contribution in [0.1, 0.15) is 17.3 Å². The van der Waals surface area contributed by atoms with Crippen LogP contribution in [0.4, 0.5) is 10.5 Å². The van der Waals surface area contributed by atoms with Crippen LogP contribution in [0.3, 0.4) is 0 Å². The summed E-state index contributed by atoms with van der Waals surface area (Å²) < 4.78 is 10.3. The first-order valence-electron chi connectivity index (χ1n) is 9.23. The number of ether oxygens (including phenoxy) is 2. The lowest BCUT2D eigenvalue weighted by Crippen LogP contribution is -2.43. The summed E-state index contributed by atoms with van der Waals surface area (Å²) in [5, 5.41) is 7.03. The lowest BCUT2D eigenvalue weighted by molar-refractivity contribution is -0.127. The third-order valence-corrected chi connectivity index (χ3v) is 5.01. The zero-order valence-electron chi connectivity index (χ0n) is 17.3. The summed E-state index contributed by atoms with van der Waals surface area (Å²) in [6, 6.07) is 12.8. The summed E-state index contributed by atoms with van der Waals surface area (Å²) in [5.74, 6) is -1.09. The van der Waals surface area contributed by atoms with Crippen LogP contribution >= 0.6 is 11.8 Å². The van der Waals surface area contributed by atoms with E-state index in [-0.39, 0.29) is 17.2 Å². The molecule has 3 N–H and O–H groups in total. The number of nitrogens with one attached hydrogen (secondary N) is 3. The van der Waals surface area contributed by atoms with Gasteiger partial charge in [0.25, 0.3) is 5.91 Å². The number of amides is 4. The first kappa shape index (κ1) is 23.7. The van der Waals surface area contributed by atoms with Crippen molar-refractivity contribution in [3.63, 3.8) is 0 Å². The smallest absolute Gasteiger partial charge is 0.340 e. The minimum atomic E-state index is -1.18. The van der Waals surface area contributed by atoms with Gasteiger partial charge in [-0.1, -0.05) is 18.2 Å². The van der Waals surface area contributed by atoms with Crippen molar-refractivity contribution in [2.45, 2.75) is 17.9 Å². The second-order valence-corrected chi connectivity index (χ2v) is 7.20. The molecule has 0 heterocycles. The molecular weight excluding hydrogens is 422 g/mol. The molecule has 0 bridgehead atoms. The van der Waals surface area contributed by atoms with Crippen LogP contribution in [0.5, 0.6) is 5.75 Å². The predicted molar refractivity (Wildman–Crippen MR) is 116 cm³/mol. The number of hydrogen-bond acceptors (Lipinski definition) is 7. The highest BCUT2D eigenvalue weighted by molar-refractivity contribution is 8.00. The normalized spacial score (nSPS) is 11.1. The van der Waals surface area contributed by atoms with Crippen LogP contribution in [0.15, 0.2) is 53.4 Å². The average molecular weight is 445 g/mol. The Morgan fingerprint density at radius 2 is 1.81 bits per heavy atom. The number of methoxy groups -OCH3 is 1. The standard InChI is InChI=1S/C21H23N3O6S/c1-13(19(26)24-21(28)22-2)30-20(27)16-9-4-5-10-17(16)31-12-18(25)23-14-7-6-8-15(11-14)29-3/h4-11,13H,12H2,1-3H3,(H,23,25)(H2,22,24,26,28). The molecular formula is C21H23N3O6S. The minimum Gasteiger partial charge on any atom is -0.497 e. The van der Waals surface area contributed by atoms with Crippen molar-refractivity contribution in [1.82, 2.24) is 10.6 Å². The van der Waals surface area contributed by atoms with Gasteiger partial charge in [0.05, 0.1) is 18.4 Å². The van der Waals surface area contributed by atoms with Gasteiger partial charge in [-0.3, -0.25) is 14.9 Å². The van der Waals surface area contributed by atoms with E-state index in [1.807, 2.05) is 5.32 Å². The van der Waals surface area contributed by atoms with Crippen molar-refractivity contribution in [1.29, 1.82) is 0 Å². The quantitative estimate of drug-likeness (QED) is 0.421. The molecule has 0 aliphatic heterocycles. The molecule has 164 valence electrons. The lowest BCUT2D eigenvalue weighted by atomic mass is 10.2. The number of benzene rings is 2. The zero-order valence-corrected chi connectivity index (χ0v) is 18.1. The molecule has 4 amide bonds. The van der Waals surface area contributed by atoms with Gasteiger partial charge >= 0.3 is 12.0 Å². The summed E-state index contributed by atoms with van der Waals surface area (Å²) in [6.07, 6.45) is -1.18. The fourth-order valence-corrected chi connectivity index (χ4v) is 3.20. The van der Waals surface area contributed by atoms with Crippen LogP contribution in [0.25, 0.3) is 0 Å². The molecule has 0 spiro atoms. The van der Waals surface area contributed by atoms with Crippen molar-refractivity contribution >= 4 is 41.3 Å². The Hall–Kier alpha value is -3.53. The molecule has 0 aromatic heterocycles. The number of urea groups is 1. The minimum absolute atomic E-state index is 0.0498. The van der Waals surface area contributed by atoms with Crippen molar-refractivity contribution in [2.75, 3.05) is 25.2 Å². The summed E-state index contributed by atoms with van der Waals surface area (Å²) in [6.45, 7) is 1.35. The maximum atomic E-state index is 12.5. The van der Waals surface area contributed by atoms with E-state index in [2.05, 4.69) is 10.6 Å². The molecule has 10 heteroatoms. The van der Waals surface area contributed by atoms with Gasteiger partial charge in [-0.2, -0.15) is 0 Å². The molecule has 0 aliphatic rings. The second-order valence-electron chi connectivity index (χ2n) is 6.18. The number of rotatable bonds is 8. The Labute approximate surface area is 183 Å². The maximum Gasteiger partial charge on any atom is 0.340 e. The monoisotopic (exact) mass is 445 g/mol. The second kappa shape index (κ2) is 11.6. The van der Waals surface area contributed by atoms with Gasteiger partial charge in [0.15, 0.2) is 6.10 Å². The molecule has 0 fully saturated rings. The number of esters is 1. The average Bonchev–Trinajstić information content (AvgIpc) is 2.77. The molecule has 1 atom stereocenters. The Bertz CT molecular complexity index is 966. The van der Waals surface area contributed by atoms with Gasteiger partial charge in [-0.25, -0.2) is 9.59 Å². The molecule has 0 aliphatic carbocycles. The van der Waals surface area contributed by atoms with Crippen LogP contribution in [0.2, 0.25) is 0 Å². The highest BCUT2D eigenvalue weighted by Crippen LogP contribution is 2.24. The number of anilines is 1. The van der Waals surface area contributed by atoms with E-state index in [9.17, 15) is 19.2 Å². The molecule has 9 nitrogen and oxygen atoms in total. The van der Waals surface area contributed by atoms with Gasteiger partial charge in [0, 0.05) is 23.7 Å².